The zero-order valence-corrected chi connectivity index (χ0v) is 19.0. The van der Waals surface area contributed by atoms with Gasteiger partial charge in [0.15, 0.2) is 0 Å². The molecule has 0 aromatic heterocycles. The van der Waals surface area contributed by atoms with Gasteiger partial charge in [0.25, 0.3) is 0 Å². The number of para-hydroxylation sites is 1. The Kier molecular flexibility index (Phi) is 10.7. The lowest BCUT2D eigenvalue weighted by Crippen LogP contribution is -2.09. The summed E-state index contributed by atoms with van der Waals surface area (Å²) in [5.41, 5.74) is 14.5. The van der Waals surface area contributed by atoms with Gasteiger partial charge in [0.1, 0.15) is 0 Å². The highest BCUT2D eigenvalue weighted by Gasteiger charge is 2.16. The molecule has 0 aliphatic carbocycles. The van der Waals surface area contributed by atoms with E-state index in [0.29, 0.717) is 0 Å². The van der Waals surface area contributed by atoms with Crippen molar-refractivity contribution in [3.63, 3.8) is 0 Å². The fourth-order valence-electron chi connectivity index (χ4n) is 4.09. The van der Waals surface area contributed by atoms with Crippen LogP contribution in [0.4, 0.5) is 17.1 Å². The molecule has 0 atom stereocenters. The van der Waals surface area contributed by atoms with Crippen LogP contribution in [0.25, 0.3) is 0 Å². The van der Waals surface area contributed by atoms with Crippen LogP contribution in [-0.2, 0) is 19.3 Å². The summed E-state index contributed by atoms with van der Waals surface area (Å²) >= 11 is 0. The van der Waals surface area contributed by atoms with Crippen LogP contribution < -0.4 is 11.1 Å². The summed E-state index contributed by atoms with van der Waals surface area (Å²) in [6, 6.07) is 12.9. The summed E-state index contributed by atoms with van der Waals surface area (Å²) in [7, 11) is 0. The number of rotatable bonds is 14. The Balaban J connectivity index is 2.42. The monoisotopic (exact) mass is 394 g/mol. The third-order valence-electron chi connectivity index (χ3n) is 5.84. The van der Waals surface area contributed by atoms with E-state index in [0.717, 1.165) is 30.6 Å². The zero-order chi connectivity index (χ0) is 20.9. The molecule has 0 aliphatic rings. The molecule has 0 unspecified atom stereocenters. The van der Waals surface area contributed by atoms with Gasteiger partial charge in [0.2, 0.25) is 0 Å². The molecule has 0 saturated carbocycles. The minimum atomic E-state index is 1.07. The summed E-state index contributed by atoms with van der Waals surface area (Å²) in [4.78, 5) is 0. The van der Waals surface area contributed by atoms with Gasteiger partial charge in [-0.1, -0.05) is 77.5 Å². The van der Waals surface area contributed by atoms with E-state index in [1.54, 1.807) is 0 Å². The van der Waals surface area contributed by atoms with Crippen LogP contribution >= 0.6 is 0 Å². The number of anilines is 3. The number of nitrogens with two attached hydrogens (primary N) is 1. The van der Waals surface area contributed by atoms with Crippen LogP contribution in [-0.4, -0.2) is 0 Å². The second kappa shape index (κ2) is 13.3. The van der Waals surface area contributed by atoms with Crippen molar-refractivity contribution in [1.82, 2.24) is 0 Å². The molecule has 160 valence electrons. The van der Waals surface area contributed by atoms with E-state index in [1.807, 2.05) is 0 Å². The normalized spacial score (nSPS) is 11.0. The molecule has 29 heavy (non-hydrogen) atoms. The van der Waals surface area contributed by atoms with Gasteiger partial charge in [-0.05, 0) is 73.4 Å². The van der Waals surface area contributed by atoms with E-state index >= 15 is 0 Å². The van der Waals surface area contributed by atoms with Crippen LogP contribution in [0.15, 0.2) is 36.4 Å². The van der Waals surface area contributed by atoms with Crippen LogP contribution in [0, 0.1) is 0 Å². The molecular formula is C27H42N2. The van der Waals surface area contributed by atoms with Crippen molar-refractivity contribution in [2.75, 3.05) is 11.1 Å². The lowest BCUT2D eigenvalue weighted by atomic mass is 9.89. The first kappa shape index (κ1) is 23.3. The van der Waals surface area contributed by atoms with Crippen molar-refractivity contribution in [3.05, 3.63) is 53.1 Å². The van der Waals surface area contributed by atoms with Crippen molar-refractivity contribution in [1.29, 1.82) is 0 Å². The average Bonchev–Trinajstić information content (AvgIpc) is 2.73. The van der Waals surface area contributed by atoms with Crippen LogP contribution in [0.2, 0.25) is 0 Å². The van der Waals surface area contributed by atoms with Gasteiger partial charge in [-0.2, -0.15) is 0 Å². The number of hydrogen-bond acceptors (Lipinski definition) is 2. The smallest absolute Gasteiger partial charge is 0.0423 e. The zero-order valence-electron chi connectivity index (χ0n) is 19.0. The van der Waals surface area contributed by atoms with E-state index in [1.165, 1.54) is 80.2 Å². The first-order valence-electron chi connectivity index (χ1n) is 12.0. The lowest BCUT2D eigenvalue weighted by Gasteiger charge is -2.22. The van der Waals surface area contributed by atoms with E-state index in [-0.39, 0.29) is 0 Å². The van der Waals surface area contributed by atoms with Crippen molar-refractivity contribution in [2.45, 2.75) is 97.8 Å². The Labute approximate surface area is 179 Å². The number of aryl methyl sites for hydroxylation is 1. The van der Waals surface area contributed by atoms with Gasteiger partial charge in [-0.25, -0.2) is 0 Å². The number of benzene rings is 2. The summed E-state index contributed by atoms with van der Waals surface area (Å²) < 4.78 is 0. The van der Waals surface area contributed by atoms with E-state index in [9.17, 15) is 0 Å². The fraction of sp³-hybridized carbons (Fsp3) is 0.556. The molecule has 0 fully saturated rings. The first-order valence-corrected chi connectivity index (χ1v) is 12.0. The van der Waals surface area contributed by atoms with E-state index in [2.05, 4.69) is 62.5 Å². The number of nitrogen functional groups attached to an aromatic ring is 1. The van der Waals surface area contributed by atoms with E-state index < -0.39 is 0 Å². The molecule has 0 saturated heterocycles. The van der Waals surface area contributed by atoms with Crippen molar-refractivity contribution in [2.24, 2.45) is 0 Å². The fourth-order valence-corrected chi connectivity index (χ4v) is 4.09. The second-order valence-corrected chi connectivity index (χ2v) is 8.32. The number of nitrogens with one attached hydrogen (secondary N) is 1. The molecule has 0 heterocycles. The van der Waals surface area contributed by atoms with E-state index in [4.69, 9.17) is 5.73 Å². The number of hydrogen-bond donors (Lipinski definition) is 2. The molecule has 2 rings (SSSR count). The Morgan fingerprint density at radius 3 is 1.83 bits per heavy atom. The second-order valence-electron chi connectivity index (χ2n) is 8.32. The van der Waals surface area contributed by atoms with Crippen LogP contribution in [0.3, 0.4) is 0 Å². The topological polar surface area (TPSA) is 38.0 Å². The molecule has 0 radical (unpaired) electrons. The lowest BCUT2D eigenvalue weighted by molar-refractivity contribution is 0.692. The highest BCUT2D eigenvalue weighted by atomic mass is 14.9. The van der Waals surface area contributed by atoms with Gasteiger partial charge in [0.05, 0.1) is 0 Å². The molecule has 2 heteroatoms. The Bertz CT molecular complexity index is 706. The Hall–Kier alpha value is -1.96. The maximum Gasteiger partial charge on any atom is 0.0423 e. The maximum absolute atomic E-state index is 6.79. The van der Waals surface area contributed by atoms with Crippen molar-refractivity contribution >= 4 is 17.1 Å². The first-order chi connectivity index (χ1) is 14.2. The molecule has 2 aromatic carbocycles. The Morgan fingerprint density at radius 1 is 0.690 bits per heavy atom. The average molecular weight is 395 g/mol. The third-order valence-corrected chi connectivity index (χ3v) is 5.84. The predicted octanol–water partition coefficient (Wildman–Crippen LogP) is 8.21. The van der Waals surface area contributed by atoms with Crippen LogP contribution in [0.1, 0.15) is 95.2 Å². The molecule has 0 bridgehead atoms. The van der Waals surface area contributed by atoms with Gasteiger partial charge >= 0.3 is 0 Å². The van der Waals surface area contributed by atoms with Crippen molar-refractivity contribution < 1.29 is 0 Å². The minimum Gasteiger partial charge on any atom is -0.398 e. The van der Waals surface area contributed by atoms with Gasteiger partial charge in [-0.3, -0.25) is 0 Å². The molecule has 0 amide bonds. The molecule has 0 aliphatic heterocycles. The number of unbranched alkanes of at least 4 members (excludes halogenated alkanes) is 6. The summed E-state index contributed by atoms with van der Waals surface area (Å²) in [5.74, 6) is 0. The SMILES string of the molecule is CCCCCc1cc(Nc2ccccc2)c(CCCCC)c(CCCCC)c1N. The van der Waals surface area contributed by atoms with Crippen LogP contribution in [0.5, 0.6) is 0 Å². The Morgan fingerprint density at radius 2 is 1.24 bits per heavy atom. The largest absolute Gasteiger partial charge is 0.398 e. The summed E-state index contributed by atoms with van der Waals surface area (Å²) in [6.07, 6.45) is 14.5. The van der Waals surface area contributed by atoms with Gasteiger partial charge < -0.3 is 11.1 Å². The molecule has 0 spiro atoms. The minimum absolute atomic E-state index is 1.07. The molecule has 2 aromatic rings. The molecule has 3 N–H and O–H groups in total. The third kappa shape index (κ3) is 7.42. The van der Waals surface area contributed by atoms with Gasteiger partial charge in [-0.15, -0.1) is 0 Å². The van der Waals surface area contributed by atoms with Crippen molar-refractivity contribution in [3.8, 4) is 0 Å². The highest BCUT2D eigenvalue weighted by Crippen LogP contribution is 2.35. The maximum atomic E-state index is 6.79. The highest BCUT2D eigenvalue weighted by molar-refractivity contribution is 5.72. The molecular weight excluding hydrogens is 352 g/mol. The summed E-state index contributed by atoms with van der Waals surface area (Å²) in [5, 5.41) is 3.73. The standard InChI is InChI=1S/C27H42N2/c1-4-7-11-16-22-21-26(29-23-17-14-10-15-18-23)24(19-12-8-5-2)25(27(22)28)20-13-9-6-3/h10,14-15,17-18,21,29H,4-9,11-13,16,19-20,28H2,1-3H3. The predicted molar refractivity (Wildman–Crippen MR) is 130 cm³/mol. The quantitative estimate of drug-likeness (QED) is 0.250. The summed E-state index contributed by atoms with van der Waals surface area (Å²) in [6.45, 7) is 6.81. The molecule has 2 nitrogen and oxygen atoms in total. The van der Waals surface area contributed by atoms with Gasteiger partial charge in [0, 0.05) is 17.1 Å².